The molecule has 0 N–H and O–H groups in total. The summed E-state index contributed by atoms with van der Waals surface area (Å²) in [5, 5.41) is 0. The molecule has 7 aromatic rings. The van der Waals surface area contributed by atoms with Gasteiger partial charge in [0.25, 0.3) is 0 Å². The Morgan fingerprint density at radius 3 is 1.33 bits per heavy atom. The number of hydrogen-bond donors (Lipinski definition) is 0. The quantitative estimate of drug-likeness (QED) is 0.344. The van der Waals surface area contributed by atoms with Gasteiger partial charge in [0.15, 0.2) is 0 Å². The van der Waals surface area contributed by atoms with Crippen LogP contribution in [0.3, 0.4) is 0 Å². The Balaban J connectivity index is 1.73. The highest BCUT2D eigenvalue weighted by molar-refractivity contribution is 5.93. The summed E-state index contributed by atoms with van der Waals surface area (Å²) in [6, 6.07) is 19.4. The van der Waals surface area contributed by atoms with E-state index in [2.05, 4.69) is 91.4 Å². The van der Waals surface area contributed by atoms with Crippen molar-refractivity contribution in [2.24, 2.45) is 0 Å². The van der Waals surface area contributed by atoms with Gasteiger partial charge in [0.05, 0.1) is 33.1 Å². The number of fused-ring (bicyclic) bond motifs is 12. The number of anilines is 2. The van der Waals surface area contributed by atoms with Gasteiger partial charge in [-0.3, -0.25) is 0 Å². The largest absolute Gasteiger partial charge is 0.378 e. The predicted molar refractivity (Wildman–Crippen MR) is 148 cm³/mol. The van der Waals surface area contributed by atoms with Gasteiger partial charge in [-0.25, -0.2) is 28.2 Å². The molecule has 8 nitrogen and oxygen atoms in total. The summed E-state index contributed by atoms with van der Waals surface area (Å²) in [4.78, 5) is 19.6. The van der Waals surface area contributed by atoms with Crippen LogP contribution in [0.1, 0.15) is 25.3 Å². The molecule has 7 rings (SSSR count). The molecule has 0 bridgehead atoms. The summed E-state index contributed by atoms with van der Waals surface area (Å²) < 4.78 is 6.50. The SMILES string of the molecule is CC(C)c1ccc2c(c1)nc1n2c2nc3cc(N(C)C)ccc3n2c2nc3cc(N(C)C)ccc3n12. The first-order valence-corrected chi connectivity index (χ1v) is 12.2. The van der Waals surface area contributed by atoms with Gasteiger partial charge in [0, 0.05) is 39.6 Å². The third-order valence-corrected chi connectivity index (χ3v) is 7.20. The first-order valence-electron chi connectivity index (χ1n) is 12.2. The Bertz CT molecular complexity index is 1720. The zero-order valence-corrected chi connectivity index (χ0v) is 21.4. The smallest absolute Gasteiger partial charge is 0.225 e. The summed E-state index contributed by atoms with van der Waals surface area (Å²) in [6.07, 6.45) is 0. The fourth-order valence-electron chi connectivity index (χ4n) is 5.15. The van der Waals surface area contributed by atoms with Crippen LogP contribution in [0.5, 0.6) is 0 Å². The molecule has 0 unspecified atom stereocenters. The zero-order valence-electron chi connectivity index (χ0n) is 21.4. The second kappa shape index (κ2) is 7.10. The predicted octanol–water partition coefficient (Wildman–Crippen LogP) is 5.34. The summed E-state index contributed by atoms with van der Waals surface area (Å²) in [7, 11) is 8.19. The molecular weight excluding hydrogens is 448 g/mol. The average molecular weight is 477 g/mol. The van der Waals surface area contributed by atoms with E-state index in [0.29, 0.717) is 5.92 Å². The Morgan fingerprint density at radius 1 is 0.556 bits per heavy atom. The van der Waals surface area contributed by atoms with Gasteiger partial charge in [-0.05, 0) is 60.0 Å². The van der Waals surface area contributed by atoms with Crippen LogP contribution in [-0.4, -0.2) is 56.3 Å². The molecule has 0 radical (unpaired) electrons. The van der Waals surface area contributed by atoms with Crippen molar-refractivity contribution >= 4 is 61.8 Å². The van der Waals surface area contributed by atoms with Crippen molar-refractivity contribution in [3.05, 3.63) is 60.2 Å². The minimum absolute atomic E-state index is 0.427. The van der Waals surface area contributed by atoms with E-state index < -0.39 is 0 Å². The lowest BCUT2D eigenvalue weighted by Gasteiger charge is -2.11. The van der Waals surface area contributed by atoms with Crippen molar-refractivity contribution in [1.82, 2.24) is 28.2 Å². The Morgan fingerprint density at radius 2 is 0.944 bits per heavy atom. The molecule has 0 aliphatic rings. The van der Waals surface area contributed by atoms with Gasteiger partial charge in [-0.15, -0.1) is 0 Å². The van der Waals surface area contributed by atoms with Crippen LogP contribution in [0.4, 0.5) is 11.4 Å². The van der Waals surface area contributed by atoms with E-state index in [1.807, 2.05) is 28.2 Å². The van der Waals surface area contributed by atoms with Crippen LogP contribution >= 0.6 is 0 Å². The second-order valence-electron chi connectivity index (χ2n) is 10.3. The number of hydrogen-bond acceptors (Lipinski definition) is 5. The molecule has 0 amide bonds. The van der Waals surface area contributed by atoms with Crippen molar-refractivity contribution in [2.75, 3.05) is 38.0 Å². The highest BCUT2D eigenvalue weighted by atomic mass is 15.3. The maximum atomic E-state index is 5.15. The van der Waals surface area contributed by atoms with Crippen LogP contribution in [0.2, 0.25) is 0 Å². The number of rotatable bonds is 3. The van der Waals surface area contributed by atoms with Crippen LogP contribution in [0.15, 0.2) is 54.6 Å². The van der Waals surface area contributed by atoms with Crippen LogP contribution in [0, 0.1) is 0 Å². The lowest BCUT2D eigenvalue weighted by Crippen LogP contribution is -2.08. The Kier molecular flexibility index (Phi) is 4.14. The lowest BCUT2D eigenvalue weighted by molar-refractivity contribution is 0.868. The van der Waals surface area contributed by atoms with Crippen molar-refractivity contribution in [1.29, 1.82) is 0 Å². The van der Waals surface area contributed by atoms with E-state index in [9.17, 15) is 0 Å². The van der Waals surface area contributed by atoms with E-state index >= 15 is 0 Å². The maximum absolute atomic E-state index is 5.15. The molecule has 0 atom stereocenters. The van der Waals surface area contributed by atoms with E-state index in [-0.39, 0.29) is 0 Å². The molecule has 36 heavy (non-hydrogen) atoms. The topological polar surface area (TPSA) is 58.4 Å². The average Bonchev–Trinajstić information content (AvgIpc) is 3.52. The highest BCUT2D eigenvalue weighted by Crippen LogP contribution is 2.31. The van der Waals surface area contributed by atoms with Crippen LogP contribution in [-0.2, 0) is 0 Å². The zero-order chi connectivity index (χ0) is 24.9. The van der Waals surface area contributed by atoms with Gasteiger partial charge in [0.2, 0.25) is 17.3 Å². The minimum atomic E-state index is 0.427. The van der Waals surface area contributed by atoms with Gasteiger partial charge >= 0.3 is 0 Å². The molecule has 4 heterocycles. The Labute approximate surface area is 208 Å². The summed E-state index contributed by atoms with van der Waals surface area (Å²) >= 11 is 0. The maximum Gasteiger partial charge on any atom is 0.225 e. The van der Waals surface area contributed by atoms with E-state index in [0.717, 1.165) is 61.8 Å². The van der Waals surface area contributed by atoms with E-state index in [4.69, 9.17) is 15.0 Å². The number of imidazole rings is 3. The monoisotopic (exact) mass is 476 g/mol. The Hall–Kier alpha value is -4.33. The van der Waals surface area contributed by atoms with Crippen molar-refractivity contribution < 1.29 is 0 Å². The fraction of sp³-hybridized carbons (Fsp3) is 0.250. The van der Waals surface area contributed by atoms with Crippen molar-refractivity contribution in [3.63, 3.8) is 0 Å². The van der Waals surface area contributed by atoms with E-state index in [1.165, 1.54) is 5.56 Å². The number of aromatic nitrogens is 6. The van der Waals surface area contributed by atoms with Crippen molar-refractivity contribution in [3.8, 4) is 0 Å². The molecule has 4 aromatic heterocycles. The molecule has 0 saturated carbocycles. The third-order valence-electron chi connectivity index (χ3n) is 7.20. The molecule has 0 spiro atoms. The normalized spacial score (nSPS) is 12.4. The molecule has 0 saturated heterocycles. The molecule has 0 aliphatic carbocycles. The standard InChI is InChI=1S/C28H28N8/c1-16(2)17-7-10-23-20(13-17)29-26-34(23)27-30-22-15-19(33(5)6)9-12-25(22)36(27)28-31-21-14-18(32(3)4)8-11-24(21)35(26)28/h7-16H,1-6H3. The highest BCUT2D eigenvalue weighted by Gasteiger charge is 2.21. The fourth-order valence-corrected chi connectivity index (χ4v) is 5.15. The second-order valence-corrected chi connectivity index (χ2v) is 10.3. The van der Waals surface area contributed by atoms with Crippen molar-refractivity contribution in [2.45, 2.75) is 19.8 Å². The molecule has 8 heteroatoms. The molecule has 0 aliphatic heterocycles. The van der Waals surface area contributed by atoms with Gasteiger partial charge in [0.1, 0.15) is 0 Å². The van der Waals surface area contributed by atoms with Gasteiger partial charge in [-0.2, -0.15) is 0 Å². The van der Waals surface area contributed by atoms with Crippen LogP contribution in [0.25, 0.3) is 50.4 Å². The summed E-state index contributed by atoms with van der Waals surface area (Å²) in [5.41, 5.74) is 9.39. The summed E-state index contributed by atoms with van der Waals surface area (Å²) in [6.45, 7) is 4.42. The number of nitrogens with zero attached hydrogens (tertiary/aromatic N) is 8. The number of benzene rings is 3. The van der Waals surface area contributed by atoms with E-state index in [1.54, 1.807) is 0 Å². The first-order chi connectivity index (χ1) is 17.3. The minimum Gasteiger partial charge on any atom is -0.378 e. The summed E-state index contributed by atoms with van der Waals surface area (Å²) in [5.74, 6) is 2.86. The van der Waals surface area contributed by atoms with Gasteiger partial charge < -0.3 is 9.80 Å². The van der Waals surface area contributed by atoms with Gasteiger partial charge in [-0.1, -0.05) is 19.9 Å². The lowest BCUT2D eigenvalue weighted by atomic mass is 10.0. The first kappa shape index (κ1) is 21.0. The molecule has 180 valence electrons. The molecule has 3 aromatic carbocycles. The molecular formula is C28H28N8. The van der Waals surface area contributed by atoms with Crippen LogP contribution < -0.4 is 9.80 Å². The third kappa shape index (κ3) is 2.72. The molecule has 0 fully saturated rings.